The molecule has 6 nitrogen and oxygen atoms in total. The Morgan fingerprint density at radius 1 is 0.964 bits per heavy atom. The molecule has 0 fully saturated rings. The van der Waals surface area contributed by atoms with Crippen LogP contribution in [0.3, 0.4) is 0 Å². The molecule has 1 amide bonds. The van der Waals surface area contributed by atoms with Crippen LogP contribution >= 0.6 is 15.9 Å². The van der Waals surface area contributed by atoms with Crippen LogP contribution in [0.15, 0.2) is 64.0 Å². The summed E-state index contributed by atoms with van der Waals surface area (Å²) in [4.78, 5) is 12.0. The zero-order valence-corrected chi connectivity index (χ0v) is 18.0. The van der Waals surface area contributed by atoms with Gasteiger partial charge in [-0.3, -0.25) is 4.79 Å². The maximum atomic E-state index is 12.1. The molecule has 0 unspecified atom stereocenters. The number of carbonyl (C=O) groups excluding carboxylic acids is 1. The highest BCUT2D eigenvalue weighted by Crippen LogP contribution is 2.14. The van der Waals surface area contributed by atoms with Gasteiger partial charge >= 0.3 is 0 Å². The minimum atomic E-state index is -3.60. The van der Waals surface area contributed by atoms with Crippen LogP contribution in [0.4, 0.5) is 0 Å². The highest BCUT2D eigenvalue weighted by Gasteiger charge is 2.13. The van der Waals surface area contributed by atoms with Gasteiger partial charge in [0.15, 0.2) is 0 Å². The standard InChI is InChI=1S/C20H25BrN2O4S/c21-18-7-9-19(10-8-18)28(25,26)23-14-11-20(24)22-13-4-15-27-16-12-17-5-2-1-3-6-17/h1-3,5-10,23H,4,11-16H2,(H,22,24). The van der Waals surface area contributed by atoms with E-state index in [0.29, 0.717) is 26.2 Å². The summed E-state index contributed by atoms with van der Waals surface area (Å²) in [5.74, 6) is -0.192. The van der Waals surface area contributed by atoms with E-state index in [1.165, 1.54) is 17.7 Å². The van der Waals surface area contributed by atoms with Crippen LogP contribution in [0, 0.1) is 0 Å². The fourth-order valence-electron chi connectivity index (χ4n) is 2.42. The molecule has 0 saturated carbocycles. The van der Waals surface area contributed by atoms with Crippen LogP contribution in [-0.4, -0.2) is 40.6 Å². The fraction of sp³-hybridized carbons (Fsp3) is 0.350. The smallest absolute Gasteiger partial charge is 0.240 e. The fourth-order valence-corrected chi connectivity index (χ4v) is 3.72. The van der Waals surface area contributed by atoms with E-state index in [2.05, 4.69) is 38.1 Å². The van der Waals surface area contributed by atoms with Crippen LogP contribution < -0.4 is 10.0 Å². The number of benzene rings is 2. The topological polar surface area (TPSA) is 84.5 Å². The normalized spacial score (nSPS) is 11.3. The summed E-state index contributed by atoms with van der Waals surface area (Å²) in [6, 6.07) is 16.4. The van der Waals surface area contributed by atoms with Crippen molar-refractivity contribution >= 4 is 31.9 Å². The van der Waals surface area contributed by atoms with Crippen LogP contribution in [0.1, 0.15) is 18.4 Å². The molecule has 2 N–H and O–H groups in total. The van der Waals surface area contributed by atoms with E-state index in [-0.39, 0.29) is 23.8 Å². The summed E-state index contributed by atoms with van der Waals surface area (Å²) in [7, 11) is -3.60. The number of hydrogen-bond acceptors (Lipinski definition) is 4. The van der Waals surface area contributed by atoms with Gasteiger partial charge in [-0.25, -0.2) is 13.1 Å². The van der Waals surface area contributed by atoms with E-state index in [9.17, 15) is 13.2 Å². The van der Waals surface area contributed by atoms with Gasteiger partial charge in [0, 0.05) is 30.6 Å². The zero-order chi connectivity index (χ0) is 20.2. The van der Waals surface area contributed by atoms with Gasteiger partial charge in [-0.05, 0) is 42.7 Å². The molecule has 28 heavy (non-hydrogen) atoms. The third kappa shape index (κ3) is 8.52. The summed E-state index contributed by atoms with van der Waals surface area (Å²) in [5.41, 5.74) is 1.24. The Morgan fingerprint density at radius 3 is 2.39 bits per heavy atom. The van der Waals surface area contributed by atoms with Gasteiger partial charge in [0.05, 0.1) is 11.5 Å². The largest absolute Gasteiger partial charge is 0.381 e. The number of sulfonamides is 1. The molecule has 0 radical (unpaired) electrons. The van der Waals surface area contributed by atoms with Crippen molar-refractivity contribution in [3.8, 4) is 0 Å². The monoisotopic (exact) mass is 468 g/mol. The second kappa shape index (κ2) is 12.0. The molecule has 2 aromatic carbocycles. The number of hydrogen-bond donors (Lipinski definition) is 2. The van der Waals surface area contributed by atoms with Gasteiger partial charge in [-0.2, -0.15) is 0 Å². The first kappa shape index (κ1) is 22.5. The Balaban J connectivity index is 1.52. The van der Waals surface area contributed by atoms with Crippen molar-refractivity contribution in [1.82, 2.24) is 10.0 Å². The second-order valence-electron chi connectivity index (χ2n) is 6.15. The number of carbonyl (C=O) groups is 1. The quantitative estimate of drug-likeness (QED) is 0.469. The molecule has 0 aromatic heterocycles. The van der Waals surface area contributed by atoms with Crippen LogP contribution in [0.25, 0.3) is 0 Å². The van der Waals surface area contributed by atoms with Gasteiger partial charge in [0.1, 0.15) is 0 Å². The maximum Gasteiger partial charge on any atom is 0.240 e. The van der Waals surface area contributed by atoms with Crippen LogP contribution in [0.2, 0.25) is 0 Å². The average molecular weight is 469 g/mol. The summed E-state index contributed by atoms with van der Waals surface area (Å²) < 4.78 is 33.0. The first-order valence-corrected chi connectivity index (χ1v) is 11.4. The predicted octanol–water partition coefficient (Wildman–Crippen LogP) is 2.88. The Kier molecular flexibility index (Phi) is 9.63. The summed E-state index contributed by atoms with van der Waals surface area (Å²) in [5, 5.41) is 2.76. The van der Waals surface area contributed by atoms with Crippen molar-refractivity contribution in [2.75, 3.05) is 26.3 Å². The molecule has 0 spiro atoms. The van der Waals surface area contributed by atoms with Gasteiger partial charge in [-0.15, -0.1) is 0 Å². The van der Waals surface area contributed by atoms with Crippen molar-refractivity contribution in [3.05, 3.63) is 64.6 Å². The first-order valence-electron chi connectivity index (χ1n) is 9.11. The zero-order valence-electron chi connectivity index (χ0n) is 15.6. The molecule has 0 heterocycles. The third-order valence-electron chi connectivity index (χ3n) is 3.93. The lowest BCUT2D eigenvalue weighted by atomic mass is 10.2. The summed E-state index contributed by atoms with van der Waals surface area (Å²) in [6.07, 6.45) is 1.67. The minimum absolute atomic E-state index is 0.0534. The van der Waals surface area contributed by atoms with Gasteiger partial charge < -0.3 is 10.1 Å². The van der Waals surface area contributed by atoms with E-state index >= 15 is 0 Å². The molecule has 152 valence electrons. The molecule has 0 atom stereocenters. The molecular formula is C20H25BrN2O4S. The molecule has 2 rings (SSSR count). The molecule has 0 aliphatic heterocycles. The lowest BCUT2D eigenvalue weighted by Crippen LogP contribution is -2.31. The number of rotatable bonds is 12. The maximum absolute atomic E-state index is 12.1. The van der Waals surface area contributed by atoms with Gasteiger partial charge in [-0.1, -0.05) is 46.3 Å². The summed E-state index contributed by atoms with van der Waals surface area (Å²) >= 11 is 3.26. The molecule has 0 saturated heterocycles. The molecule has 2 aromatic rings. The molecule has 8 heteroatoms. The average Bonchev–Trinajstić information content (AvgIpc) is 2.68. The lowest BCUT2D eigenvalue weighted by Gasteiger charge is -2.08. The molecule has 0 aliphatic rings. The van der Waals surface area contributed by atoms with E-state index < -0.39 is 10.0 Å². The van der Waals surface area contributed by atoms with Crippen molar-refractivity contribution in [3.63, 3.8) is 0 Å². The third-order valence-corrected chi connectivity index (χ3v) is 5.94. The van der Waals surface area contributed by atoms with E-state index in [1.807, 2.05) is 18.2 Å². The van der Waals surface area contributed by atoms with Crippen LogP contribution in [0.5, 0.6) is 0 Å². The Hall–Kier alpha value is -1.74. The Labute approximate surface area is 174 Å². The Morgan fingerprint density at radius 2 is 1.68 bits per heavy atom. The van der Waals surface area contributed by atoms with E-state index in [0.717, 1.165) is 10.9 Å². The predicted molar refractivity (Wildman–Crippen MR) is 113 cm³/mol. The second-order valence-corrected chi connectivity index (χ2v) is 8.84. The lowest BCUT2D eigenvalue weighted by molar-refractivity contribution is -0.120. The Bertz CT molecular complexity index is 827. The molecule has 0 aliphatic carbocycles. The van der Waals surface area contributed by atoms with Crippen molar-refractivity contribution < 1.29 is 17.9 Å². The number of amides is 1. The first-order chi connectivity index (χ1) is 13.5. The van der Waals surface area contributed by atoms with E-state index in [1.54, 1.807) is 12.1 Å². The molecular weight excluding hydrogens is 444 g/mol. The van der Waals surface area contributed by atoms with Gasteiger partial charge in [0.25, 0.3) is 0 Å². The SMILES string of the molecule is O=C(CCNS(=O)(=O)c1ccc(Br)cc1)NCCCOCCc1ccccc1. The number of halogens is 1. The van der Waals surface area contributed by atoms with Crippen molar-refractivity contribution in [1.29, 1.82) is 0 Å². The highest BCUT2D eigenvalue weighted by molar-refractivity contribution is 9.10. The number of ether oxygens (including phenoxy) is 1. The highest BCUT2D eigenvalue weighted by atomic mass is 79.9. The van der Waals surface area contributed by atoms with Crippen LogP contribution in [-0.2, 0) is 26.0 Å². The summed E-state index contributed by atoms with van der Waals surface area (Å²) in [6.45, 7) is 1.78. The van der Waals surface area contributed by atoms with Gasteiger partial charge in [0.2, 0.25) is 15.9 Å². The van der Waals surface area contributed by atoms with Crippen molar-refractivity contribution in [2.45, 2.75) is 24.2 Å². The van der Waals surface area contributed by atoms with E-state index in [4.69, 9.17) is 4.74 Å². The minimum Gasteiger partial charge on any atom is -0.381 e. The molecule has 0 bridgehead atoms. The number of nitrogens with one attached hydrogen (secondary N) is 2. The van der Waals surface area contributed by atoms with Crippen molar-refractivity contribution in [2.24, 2.45) is 0 Å².